The molecule has 0 aliphatic heterocycles. The quantitative estimate of drug-likeness (QED) is 0.355. The minimum Gasteiger partial charge on any atom is -0.618 e. The van der Waals surface area contributed by atoms with Gasteiger partial charge >= 0.3 is 0 Å². The first-order chi connectivity index (χ1) is 7.75. The van der Waals surface area contributed by atoms with Gasteiger partial charge in [0, 0.05) is 22.2 Å². The summed E-state index contributed by atoms with van der Waals surface area (Å²) in [5.74, 6) is 0. The van der Waals surface area contributed by atoms with Crippen LogP contribution in [-0.2, 0) is 0 Å². The lowest BCUT2D eigenvalue weighted by molar-refractivity contribution is -0.354. The van der Waals surface area contributed by atoms with Crippen LogP contribution in [0.4, 0.5) is 5.69 Å². The molecule has 0 aliphatic carbocycles. The lowest BCUT2D eigenvalue weighted by Gasteiger charge is -2.02. The standard InChI is InChI=1S/C13H10BrNO/c14-12-6-4-5-11(9-12)10-15(16)13-7-2-1-3-8-13/h1-10H/b15-10-. The van der Waals surface area contributed by atoms with Gasteiger partial charge in [0.25, 0.3) is 0 Å². The summed E-state index contributed by atoms with van der Waals surface area (Å²) >= 11 is 3.37. The molecule has 0 bridgehead atoms. The summed E-state index contributed by atoms with van der Waals surface area (Å²) in [5.41, 5.74) is 1.50. The Morgan fingerprint density at radius 3 is 2.44 bits per heavy atom. The van der Waals surface area contributed by atoms with Crippen LogP contribution in [0, 0.1) is 5.21 Å². The summed E-state index contributed by atoms with van der Waals surface area (Å²) in [5, 5.41) is 11.8. The third-order valence-electron chi connectivity index (χ3n) is 2.13. The highest BCUT2D eigenvalue weighted by Crippen LogP contribution is 2.12. The zero-order valence-corrected chi connectivity index (χ0v) is 10.1. The summed E-state index contributed by atoms with van der Waals surface area (Å²) in [7, 11) is 0. The van der Waals surface area contributed by atoms with Gasteiger partial charge in [0.1, 0.15) is 0 Å². The third kappa shape index (κ3) is 2.70. The summed E-state index contributed by atoms with van der Waals surface area (Å²) in [6.45, 7) is 0. The molecule has 0 aromatic heterocycles. The summed E-state index contributed by atoms with van der Waals surface area (Å²) in [6.07, 6.45) is 1.56. The highest BCUT2D eigenvalue weighted by molar-refractivity contribution is 9.10. The lowest BCUT2D eigenvalue weighted by atomic mass is 10.2. The van der Waals surface area contributed by atoms with E-state index in [-0.39, 0.29) is 0 Å². The normalized spacial score (nSPS) is 11.4. The first-order valence-electron chi connectivity index (χ1n) is 4.87. The molecule has 0 N–H and O–H groups in total. The van der Waals surface area contributed by atoms with E-state index in [0.29, 0.717) is 5.69 Å². The predicted molar refractivity (Wildman–Crippen MR) is 69.0 cm³/mol. The van der Waals surface area contributed by atoms with Crippen molar-refractivity contribution in [1.82, 2.24) is 0 Å². The Bertz CT molecular complexity index is 508. The monoisotopic (exact) mass is 275 g/mol. The van der Waals surface area contributed by atoms with Crippen LogP contribution in [0.15, 0.2) is 59.1 Å². The average Bonchev–Trinajstić information content (AvgIpc) is 2.30. The lowest BCUT2D eigenvalue weighted by Crippen LogP contribution is -1.98. The Labute approximate surface area is 103 Å². The van der Waals surface area contributed by atoms with Crippen molar-refractivity contribution in [3.63, 3.8) is 0 Å². The van der Waals surface area contributed by atoms with Crippen molar-refractivity contribution in [3.05, 3.63) is 69.8 Å². The summed E-state index contributed by atoms with van der Waals surface area (Å²) in [4.78, 5) is 0. The van der Waals surface area contributed by atoms with Crippen molar-refractivity contribution in [2.24, 2.45) is 0 Å². The van der Waals surface area contributed by atoms with Crippen molar-refractivity contribution < 1.29 is 4.74 Å². The molecule has 0 spiro atoms. The van der Waals surface area contributed by atoms with Gasteiger partial charge in [-0.3, -0.25) is 0 Å². The number of para-hydroxylation sites is 1. The van der Waals surface area contributed by atoms with E-state index in [0.717, 1.165) is 14.8 Å². The molecule has 3 heteroatoms. The zero-order valence-electron chi connectivity index (χ0n) is 8.51. The Hall–Kier alpha value is -1.61. The second kappa shape index (κ2) is 4.94. The number of halogens is 1. The topological polar surface area (TPSA) is 26.1 Å². The van der Waals surface area contributed by atoms with Crippen molar-refractivity contribution >= 4 is 27.8 Å². The highest BCUT2D eigenvalue weighted by atomic mass is 79.9. The highest BCUT2D eigenvalue weighted by Gasteiger charge is 2.00. The molecule has 2 nitrogen and oxygen atoms in total. The van der Waals surface area contributed by atoms with E-state index in [1.54, 1.807) is 18.3 Å². The van der Waals surface area contributed by atoms with Crippen LogP contribution >= 0.6 is 15.9 Å². The molecule has 0 aliphatic rings. The van der Waals surface area contributed by atoms with Crippen LogP contribution < -0.4 is 0 Å². The SMILES string of the molecule is [O-]/[N+](=C\c1cccc(Br)c1)c1ccccc1. The molecular weight excluding hydrogens is 266 g/mol. The molecule has 0 amide bonds. The Morgan fingerprint density at radius 1 is 1.00 bits per heavy atom. The second-order valence-corrected chi connectivity index (χ2v) is 4.26. The molecule has 0 heterocycles. The van der Waals surface area contributed by atoms with Crippen LogP contribution in [0.5, 0.6) is 0 Å². The van der Waals surface area contributed by atoms with Gasteiger partial charge in [-0.15, -0.1) is 0 Å². The minimum absolute atomic E-state index is 0.627. The molecule has 0 fully saturated rings. The van der Waals surface area contributed by atoms with E-state index in [9.17, 15) is 5.21 Å². The number of nitrogens with zero attached hydrogens (tertiary/aromatic N) is 1. The zero-order chi connectivity index (χ0) is 11.4. The largest absolute Gasteiger partial charge is 0.618 e. The number of hydrogen-bond donors (Lipinski definition) is 0. The van der Waals surface area contributed by atoms with Gasteiger partial charge < -0.3 is 5.21 Å². The van der Waals surface area contributed by atoms with Crippen molar-refractivity contribution in [2.75, 3.05) is 0 Å². The van der Waals surface area contributed by atoms with Crippen molar-refractivity contribution in [2.45, 2.75) is 0 Å². The van der Waals surface area contributed by atoms with E-state index < -0.39 is 0 Å². The molecule has 2 rings (SSSR count). The van der Waals surface area contributed by atoms with E-state index in [2.05, 4.69) is 15.9 Å². The molecule has 0 unspecified atom stereocenters. The predicted octanol–water partition coefficient (Wildman–Crippen LogP) is 3.71. The molecule has 16 heavy (non-hydrogen) atoms. The fraction of sp³-hybridized carbons (Fsp3) is 0. The van der Waals surface area contributed by atoms with Crippen LogP contribution in [0.1, 0.15) is 5.56 Å². The van der Waals surface area contributed by atoms with Crippen LogP contribution in [-0.4, -0.2) is 11.0 Å². The third-order valence-corrected chi connectivity index (χ3v) is 2.62. The van der Waals surface area contributed by atoms with E-state index >= 15 is 0 Å². The average molecular weight is 276 g/mol. The fourth-order valence-corrected chi connectivity index (χ4v) is 1.79. The molecular formula is C13H10BrNO. The van der Waals surface area contributed by atoms with Crippen molar-refractivity contribution in [1.29, 1.82) is 0 Å². The maximum absolute atomic E-state index is 11.8. The fourth-order valence-electron chi connectivity index (χ4n) is 1.37. The van der Waals surface area contributed by atoms with Gasteiger partial charge in [-0.2, -0.15) is 4.74 Å². The molecule has 80 valence electrons. The van der Waals surface area contributed by atoms with E-state index in [1.807, 2.05) is 42.5 Å². The van der Waals surface area contributed by atoms with E-state index in [1.165, 1.54) is 0 Å². The molecule has 0 saturated heterocycles. The molecule has 0 atom stereocenters. The first kappa shape index (κ1) is 10.9. The summed E-state index contributed by atoms with van der Waals surface area (Å²) in [6, 6.07) is 16.7. The van der Waals surface area contributed by atoms with Crippen LogP contribution in [0.25, 0.3) is 0 Å². The van der Waals surface area contributed by atoms with Crippen LogP contribution in [0.3, 0.4) is 0 Å². The van der Waals surface area contributed by atoms with Gasteiger partial charge in [0.05, 0.1) is 0 Å². The number of rotatable bonds is 2. The number of hydrogen-bond acceptors (Lipinski definition) is 1. The van der Waals surface area contributed by atoms with Gasteiger partial charge in [-0.25, -0.2) is 0 Å². The Kier molecular flexibility index (Phi) is 3.37. The molecule has 0 saturated carbocycles. The maximum Gasteiger partial charge on any atom is 0.216 e. The number of benzene rings is 2. The molecule has 2 aromatic carbocycles. The van der Waals surface area contributed by atoms with Gasteiger partial charge in [-0.05, 0) is 18.2 Å². The van der Waals surface area contributed by atoms with Crippen LogP contribution in [0.2, 0.25) is 0 Å². The maximum atomic E-state index is 11.8. The Morgan fingerprint density at radius 2 is 1.75 bits per heavy atom. The smallest absolute Gasteiger partial charge is 0.216 e. The van der Waals surface area contributed by atoms with Crippen molar-refractivity contribution in [3.8, 4) is 0 Å². The molecule has 0 radical (unpaired) electrons. The first-order valence-corrected chi connectivity index (χ1v) is 5.67. The second-order valence-electron chi connectivity index (χ2n) is 3.35. The summed E-state index contributed by atoms with van der Waals surface area (Å²) < 4.78 is 1.82. The Balaban J connectivity index is 2.32. The van der Waals surface area contributed by atoms with E-state index in [4.69, 9.17) is 0 Å². The van der Waals surface area contributed by atoms with Gasteiger partial charge in [-0.1, -0.05) is 40.2 Å². The minimum atomic E-state index is 0.627. The van der Waals surface area contributed by atoms with Gasteiger partial charge in [0.15, 0.2) is 6.21 Å². The van der Waals surface area contributed by atoms with Gasteiger partial charge in [0.2, 0.25) is 5.69 Å². The molecule has 2 aromatic rings.